The van der Waals surface area contributed by atoms with Crippen molar-refractivity contribution in [3.8, 4) is 0 Å². The molecule has 0 saturated heterocycles. The SMILES string of the molecule is O=C(O)[C@H](O)[C@@H](OCc1ccccc1)C(=O)NOCc1ccccc1. The van der Waals surface area contributed by atoms with Crippen LogP contribution < -0.4 is 5.48 Å². The number of hydroxylamine groups is 1. The molecule has 7 heteroatoms. The minimum atomic E-state index is -2.01. The predicted octanol–water partition coefficient (Wildman–Crippen LogP) is 1.27. The molecule has 0 radical (unpaired) electrons. The van der Waals surface area contributed by atoms with E-state index in [1.54, 1.807) is 24.3 Å². The summed E-state index contributed by atoms with van der Waals surface area (Å²) < 4.78 is 5.29. The number of aliphatic hydroxyl groups is 1. The number of hydrogen-bond donors (Lipinski definition) is 3. The van der Waals surface area contributed by atoms with Gasteiger partial charge in [0, 0.05) is 0 Å². The maximum absolute atomic E-state index is 12.1. The molecule has 3 N–H and O–H groups in total. The van der Waals surface area contributed by atoms with Crippen molar-refractivity contribution in [2.24, 2.45) is 0 Å². The maximum atomic E-state index is 12.1. The number of aliphatic hydroxyl groups excluding tert-OH is 1. The molecule has 25 heavy (non-hydrogen) atoms. The van der Waals surface area contributed by atoms with Gasteiger partial charge in [0.15, 0.2) is 12.2 Å². The number of hydrogen-bond acceptors (Lipinski definition) is 5. The quantitative estimate of drug-likeness (QED) is 0.591. The second-order valence-electron chi connectivity index (χ2n) is 5.24. The molecule has 132 valence electrons. The summed E-state index contributed by atoms with van der Waals surface area (Å²) in [5.41, 5.74) is 3.68. The first-order chi connectivity index (χ1) is 12.1. The molecule has 0 heterocycles. The lowest BCUT2D eigenvalue weighted by molar-refractivity contribution is -0.169. The number of carboxylic acid groups (broad SMARTS) is 1. The third-order valence-electron chi connectivity index (χ3n) is 3.33. The zero-order chi connectivity index (χ0) is 18.1. The Kier molecular flexibility index (Phi) is 7.09. The van der Waals surface area contributed by atoms with Gasteiger partial charge in [0.05, 0.1) is 13.2 Å². The Hall–Kier alpha value is -2.74. The Balaban J connectivity index is 1.91. The van der Waals surface area contributed by atoms with Gasteiger partial charge in [-0.2, -0.15) is 0 Å². The topological polar surface area (TPSA) is 105 Å². The van der Waals surface area contributed by atoms with E-state index < -0.39 is 24.1 Å². The fraction of sp³-hybridized carbons (Fsp3) is 0.222. The van der Waals surface area contributed by atoms with Crippen LogP contribution in [-0.2, 0) is 32.4 Å². The molecular formula is C18H19NO6. The van der Waals surface area contributed by atoms with Gasteiger partial charge >= 0.3 is 5.97 Å². The van der Waals surface area contributed by atoms with Crippen molar-refractivity contribution in [3.63, 3.8) is 0 Å². The third-order valence-corrected chi connectivity index (χ3v) is 3.33. The Morgan fingerprint density at radius 3 is 1.96 bits per heavy atom. The predicted molar refractivity (Wildman–Crippen MR) is 88.0 cm³/mol. The average molecular weight is 345 g/mol. The lowest BCUT2D eigenvalue weighted by Crippen LogP contribution is -2.47. The Morgan fingerprint density at radius 1 is 0.920 bits per heavy atom. The van der Waals surface area contributed by atoms with E-state index >= 15 is 0 Å². The highest BCUT2D eigenvalue weighted by molar-refractivity contribution is 5.87. The van der Waals surface area contributed by atoms with Crippen molar-refractivity contribution in [1.29, 1.82) is 0 Å². The Bertz CT molecular complexity index is 676. The smallest absolute Gasteiger partial charge is 0.335 e. The largest absolute Gasteiger partial charge is 0.479 e. The van der Waals surface area contributed by atoms with E-state index in [1.165, 1.54) is 0 Å². The summed E-state index contributed by atoms with van der Waals surface area (Å²) in [6, 6.07) is 18.0. The van der Waals surface area contributed by atoms with Crippen LogP contribution >= 0.6 is 0 Å². The summed E-state index contributed by atoms with van der Waals surface area (Å²) in [4.78, 5) is 28.2. The zero-order valence-corrected chi connectivity index (χ0v) is 13.4. The van der Waals surface area contributed by atoms with Crippen molar-refractivity contribution >= 4 is 11.9 Å². The number of nitrogens with one attached hydrogen (secondary N) is 1. The van der Waals surface area contributed by atoms with Crippen LogP contribution in [0.25, 0.3) is 0 Å². The summed E-state index contributed by atoms with van der Waals surface area (Å²) in [5, 5.41) is 18.7. The lowest BCUT2D eigenvalue weighted by atomic mass is 10.2. The molecule has 1 amide bonds. The van der Waals surface area contributed by atoms with Crippen LogP contribution in [0.3, 0.4) is 0 Å². The molecule has 2 rings (SSSR count). The molecule has 0 unspecified atom stereocenters. The zero-order valence-electron chi connectivity index (χ0n) is 13.4. The monoisotopic (exact) mass is 345 g/mol. The molecule has 0 aromatic heterocycles. The van der Waals surface area contributed by atoms with E-state index in [0.717, 1.165) is 11.1 Å². The highest BCUT2D eigenvalue weighted by Crippen LogP contribution is 2.08. The van der Waals surface area contributed by atoms with E-state index in [9.17, 15) is 14.7 Å². The van der Waals surface area contributed by atoms with Crippen LogP contribution in [0.1, 0.15) is 11.1 Å². The van der Waals surface area contributed by atoms with Gasteiger partial charge in [-0.05, 0) is 11.1 Å². The fourth-order valence-electron chi connectivity index (χ4n) is 2.02. The van der Waals surface area contributed by atoms with E-state index in [1.807, 2.05) is 36.4 Å². The van der Waals surface area contributed by atoms with Crippen LogP contribution in [0.2, 0.25) is 0 Å². The normalized spacial score (nSPS) is 13.0. The highest BCUT2D eigenvalue weighted by Gasteiger charge is 2.33. The molecule has 0 aliphatic heterocycles. The first-order valence-electron chi connectivity index (χ1n) is 7.60. The van der Waals surface area contributed by atoms with Gasteiger partial charge in [-0.3, -0.25) is 9.63 Å². The number of carboxylic acids is 1. The van der Waals surface area contributed by atoms with Gasteiger partial charge in [0.2, 0.25) is 0 Å². The van der Waals surface area contributed by atoms with Gasteiger partial charge in [-0.15, -0.1) is 0 Å². The van der Waals surface area contributed by atoms with E-state index in [-0.39, 0.29) is 13.2 Å². The van der Waals surface area contributed by atoms with Gasteiger partial charge in [-0.25, -0.2) is 10.3 Å². The number of ether oxygens (including phenoxy) is 1. The standard InChI is InChI=1S/C18H19NO6/c20-15(18(22)23)16(24-11-13-7-3-1-4-8-13)17(21)19-25-12-14-9-5-2-6-10-14/h1-10,15-16,20H,11-12H2,(H,19,21)(H,22,23)/t15-,16-/m1/s1. The van der Waals surface area contributed by atoms with Crippen molar-refractivity contribution in [1.82, 2.24) is 5.48 Å². The van der Waals surface area contributed by atoms with Crippen LogP contribution in [-0.4, -0.2) is 34.3 Å². The van der Waals surface area contributed by atoms with Gasteiger partial charge < -0.3 is 14.9 Å². The van der Waals surface area contributed by atoms with Crippen LogP contribution in [0.15, 0.2) is 60.7 Å². The van der Waals surface area contributed by atoms with Gasteiger partial charge in [0.1, 0.15) is 0 Å². The summed E-state index contributed by atoms with van der Waals surface area (Å²) in [7, 11) is 0. The van der Waals surface area contributed by atoms with Crippen LogP contribution in [0, 0.1) is 0 Å². The molecule has 0 saturated carbocycles. The number of rotatable bonds is 9. The molecule has 0 spiro atoms. The van der Waals surface area contributed by atoms with Crippen molar-refractivity contribution in [2.75, 3.05) is 0 Å². The van der Waals surface area contributed by atoms with E-state index in [2.05, 4.69) is 5.48 Å². The number of carbonyl (C=O) groups is 2. The molecule has 0 fully saturated rings. The summed E-state index contributed by atoms with van der Waals surface area (Å²) >= 11 is 0. The Labute approximate surface area is 144 Å². The van der Waals surface area contributed by atoms with E-state index in [0.29, 0.717) is 0 Å². The molecule has 0 aliphatic rings. The minimum absolute atomic E-state index is 0.0258. The molecule has 2 aromatic rings. The summed E-state index contributed by atoms with van der Waals surface area (Å²) in [6.45, 7) is 0.0725. The molecule has 0 bridgehead atoms. The molecule has 2 aromatic carbocycles. The minimum Gasteiger partial charge on any atom is -0.479 e. The van der Waals surface area contributed by atoms with Gasteiger partial charge in [0.25, 0.3) is 5.91 Å². The highest BCUT2D eigenvalue weighted by atomic mass is 16.7. The molecular weight excluding hydrogens is 326 g/mol. The number of amides is 1. The maximum Gasteiger partial charge on any atom is 0.335 e. The fourth-order valence-corrected chi connectivity index (χ4v) is 2.02. The number of carbonyl (C=O) groups excluding carboxylic acids is 1. The first-order valence-corrected chi connectivity index (χ1v) is 7.60. The number of aliphatic carboxylic acids is 1. The summed E-state index contributed by atoms with van der Waals surface area (Å²) in [6.07, 6.45) is -3.61. The second kappa shape index (κ2) is 9.53. The van der Waals surface area contributed by atoms with E-state index in [4.69, 9.17) is 14.7 Å². The second-order valence-corrected chi connectivity index (χ2v) is 5.24. The summed E-state index contributed by atoms with van der Waals surface area (Å²) in [5.74, 6) is -2.43. The first kappa shape index (κ1) is 18.6. The van der Waals surface area contributed by atoms with Crippen LogP contribution in [0.5, 0.6) is 0 Å². The third kappa shape index (κ3) is 6.00. The molecule has 7 nitrogen and oxygen atoms in total. The van der Waals surface area contributed by atoms with Crippen molar-refractivity contribution < 1.29 is 29.4 Å². The molecule has 2 atom stereocenters. The average Bonchev–Trinajstić information content (AvgIpc) is 2.63. The lowest BCUT2D eigenvalue weighted by Gasteiger charge is -2.20. The van der Waals surface area contributed by atoms with Crippen molar-refractivity contribution in [2.45, 2.75) is 25.4 Å². The van der Waals surface area contributed by atoms with Crippen molar-refractivity contribution in [3.05, 3.63) is 71.8 Å². The van der Waals surface area contributed by atoms with Gasteiger partial charge in [-0.1, -0.05) is 60.7 Å². The van der Waals surface area contributed by atoms with Crippen LogP contribution in [0.4, 0.5) is 0 Å². The number of benzene rings is 2. The Morgan fingerprint density at radius 2 is 1.44 bits per heavy atom. The molecule has 0 aliphatic carbocycles.